The minimum atomic E-state index is -4.43. The average Bonchev–Trinajstić information content (AvgIpc) is 3.11. The van der Waals surface area contributed by atoms with E-state index in [4.69, 9.17) is 0 Å². The SMILES string of the molecule is Cc1[nH]ncc1NC(=O)[C@@H]1C(=O)N(C)C[C@H]1c1ccc(C(F)(F)F)cc1. The number of likely N-dealkylation sites (N-methyl/N-ethyl adjacent to an activating group) is 1. The number of anilines is 1. The van der Waals surface area contributed by atoms with Crippen molar-refractivity contribution in [3.8, 4) is 0 Å². The van der Waals surface area contributed by atoms with Gasteiger partial charge in [-0.25, -0.2) is 0 Å². The number of carbonyl (C=O) groups is 2. The van der Waals surface area contributed by atoms with Crippen LogP contribution in [-0.2, 0) is 15.8 Å². The highest BCUT2D eigenvalue weighted by molar-refractivity contribution is 6.08. The van der Waals surface area contributed by atoms with Crippen molar-refractivity contribution in [2.24, 2.45) is 5.92 Å². The van der Waals surface area contributed by atoms with Gasteiger partial charge in [-0.05, 0) is 24.6 Å². The predicted molar refractivity (Wildman–Crippen MR) is 87.3 cm³/mol. The van der Waals surface area contributed by atoms with Crippen LogP contribution in [0.3, 0.4) is 0 Å². The third-order valence-electron chi connectivity index (χ3n) is 4.55. The van der Waals surface area contributed by atoms with Crippen LogP contribution < -0.4 is 5.32 Å². The van der Waals surface area contributed by atoms with Gasteiger partial charge in [0.05, 0.1) is 23.1 Å². The summed E-state index contributed by atoms with van der Waals surface area (Å²) < 4.78 is 38.2. The Morgan fingerprint density at radius 1 is 1.31 bits per heavy atom. The molecule has 0 radical (unpaired) electrons. The fourth-order valence-electron chi connectivity index (χ4n) is 3.10. The Balaban J connectivity index is 1.86. The van der Waals surface area contributed by atoms with Crippen molar-refractivity contribution in [3.63, 3.8) is 0 Å². The maximum atomic E-state index is 12.7. The van der Waals surface area contributed by atoms with E-state index in [0.29, 0.717) is 16.9 Å². The number of likely N-dealkylation sites (tertiary alicyclic amines) is 1. The number of aryl methyl sites for hydroxylation is 1. The summed E-state index contributed by atoms with van der Waals surface area (Å²) in [4.78, 5) is 26.5. The minimum absolute atomic E-state index is 0.257. The van der Waals surface area contributed by atoms with E-state index in [9.17, 15) is 22.8 Å². The zero-order valence-electron chi connectivity index (χ0n) is 14.1. The first-order chi connectivity index (χ1) is 12.2. The van der Waals surface area contributed by atoms with E-state index in [1.165, 1.54) is 23.2 Å². The maximum absolute atomic E-state index is 12.7. The zero-order valence-corrected chi connectivity index (χ0v) is 14.1. The zero-order chi connectivity index (χ0) is 19.1. The summed E-state index contributed by atoms with van der Waals surface area (Å²) >= 11 is 0. The second-order valence-corrected chi connectivity index (χ2v) is 6.32. The molecule has 0 saturated carbocycles. The van der Waals surface area contributed by atoms with Gasteiger partial charge in [0.15, 0.2) is 0 Å². The fourth-order valence-corrected chi connectivity index (χ4v) is 3.10. The number of benzene rings is 1. The monoisotopic (exact) mass is 366 g/mol. The summed E-state index contributed by atoms with van der Waals surface area (Å²) in [6.45, 7) is 1.98. The molecule has 1 aromatic heterocycles. The van der Waals surface area contributed by atoms with Crippen molar-refractivity contribution >= 4 is 17.5 Å². The van der Waals surface area contributed by atoms with E-state index in [2.05, 4.69) is 15.5 Å². The molecule has 0 unspecified atom stereocenters. The van der Waals surface area contributed by atoms with Gasteiger partial charge in [-0.2, -0.15) is 18.3 Å². The first kappa shape index (κ1) is 18.0. The van der Waals surface area contributed by atoms with Crippen molar-refractivity contribution in [2.75, 3.05) is 18.9 Å². The molecule has 138 valence electrons. The molecule has 1 aliphatic heterocycles. The van der Waals surface area contributed by atoms with Crippen LogP contribution in [0.5, 0.6) is 0 Å². The Hall–Kier alpha value is -2.84. The molecule has 1 fully saturated rings. The summed E-state index contributed by atoms with van der Waals surface area (Å²) in [6.07, 6.45) is -3.00. The topological polar surface area (TPSA) is 78.1 Å². The summed E-state index contributed by atoms with van der Waals surface area (Å²) in [5, 5.41) is 9.14. The Kier molecular flexibility index (Phi) is 4.47. The van der Waals surface area contributed by atoms with Gasteiger partial charge < -0.3 is 10.2 Å². The molecule has 2 amide bonds. The van der Waals surface area contributed by atoms with Gasteiger partial charge in [-0.15, -0.1) is 0 Å². The van der Waals surface area contributed by atoms with Crippen molar-refractivity contribution in [2.45, 2.75) is 19.0 Å². The van der Waals surface area contributed by atoms with E-state index in [-0.39, 0.29) is 12.5 Å². The number of rotatable bonds is 3. The summed E-state index contributed by atoms with van der Waals surface area (Å²) in [5.74, 6) is -2.41. The molecule has 0 bridgehead atoms. The van der Waals surface area contributed by atoms with Crippen LogP contribution in [0.15, 0.2) is 30.5 Å². The van der Waals surface area contributed by atoms with E-state index in [1.807, 2.05) is 0 Å². The standard InChI is InChI=1S/C17H17F3N4O2/c1-9-13(7-21-23-9)22-15(25)14-12(8-24(2)16(14)26)10-3-5-11(6-4-10)17(18,19)20/h3-7,12,14H,8H2,1-2H3,(H,21,23)(H,22,25)/t12-,14+/m0/s1. The predicted octanol–water partition coefficient (Wildman–Crippen LogP) is 2.55. The third-order valence-corrected chi connectivity index (χ3v) is 4.55. The van der Waals surface area contributed by atoms with Gasteiger partial charge in [0.25, 0.3) is 0 Å². The van der Waals surface area contributed by atoms with Crippen LogP contribution in [0.25, 0.3) is 0 Å². The Morgan fingerprint density at radius 2 is 1.96 bits per heavy atom. The Bertz CT molecular complexity index is 829. The summed E-state index contributed by atoms with van der Waals surface area (Å²) in [6, 6.07) is 4.58. The second-order valence-electron chi connectivity index (χ2n) is 6.32. The molecule has 26 heavy (non-hydrogen) atoms. The molecule has 2 atom stereocenters. The van der Waals surface area contributed by atoms with Gasteiger partial charge in [-0.1, -0.05) is 12.1 Å². The number of amides is 2. The number of nitrogens with one attached hydrogen (secondary N) is 2. The lowest BCUT2D eigenvalue weighted by Gasteiger charge is -2.17. The first-order valence-electron chi connectivity index (χ1n) is 7.91. The molecule has 2 heterocycles. The van der Waals surface area contributed by atoms with Crippen LogP contribution in [0.1, 0.15) is 22.7 Å². The highest BCUT2D eigenvalue weighted by Crippen LogP contribution is 2.36. The number of hydrogen-bond acceptors (Lipinski definition) is 3. The van der Waals surface area contributed by atoms with Gasteiger partial charge in [-0.3, -0.25) is 14.7 Å². The molecule has 9 heteroatoms. The van der Waals surface area contributed by atoms with Gasteiger partial charge >= 0.3 is 6.18 Å². The number of H-pyrrole nitrogens is 1. The molecule has 6 nitrogen and oxygen atoms in total. The normalized spacial score (nSPS) is 20.5. The van der Waals surface area contributed by atoms with E-state index in [0.717, 1.165) is 12.1 Å². The average molecular weight is 366 g/mol. The molecule has 1 aromatic carbocycles. The largest absolute Gasteiger partial charge is 0.416 e. The van der Waals surface area contributed by atoms with Crippen LogP contribution in [0.2, 0.25) is 0 Å². The molecule has 1 saturated heterocycles. The molecule has 2 N–H and O–H groups in total. The van der Waals surface area contributed by atoms with Crippen molar-refractivity contribution in [1.29, 1.82) is 0 Å². The molecule has 3 rings (SSSR count). The number of nitrogens with zero attached hydrogens (tertiary/aromatic N) is 2. The van der Waals surface area contributed by atoms with Gasteiger partial charge in [0.1, 0.15) is 5.92 Å². The van der Waals surface area contributed by atoms with Gasteiger partial charge in [0, 0.05) is 19.5 Å². The lowest BCUT2D eigenvalue weighted by molar-refractivity contribution is -0.138. The lowest BCUT2D eigenvalue weighted by Crippen LogP contribution is -2.32. The number of alkyl halides is 3. The molecular weight excluding hydrogens is 349 g/mol. The molecule has 1 aliphatic rings. The quantitative estimate of drug-likeness (QED) is 0.820. The number of carbonyl (C=O) groups excluding carboxylic acids is 2. The summed E-state index contributed by atoms with van der Waals surface area (Å²) in [7, 11) is 1.57. The second kappa shape index (κ2) is 6.47. The molecule has 2 aromatic rings. The lowest BCUT2D eigenvalue weighted by atomic mass is 9.87. The smallest absolute Gasteiger partial charge is 0.344 e. The number of aromatic nitrogens is 2. The van der Waals surface area contributed by atoms with E-state index >= 15 is 0 Å². The van der Waals surface area contributed by atoms with Crippen molar-refractivity contribution < 1.29 is 22.8 Å². The van der Waals surface area contributed by atoms with E-state index in [1.54, 1.807) is 14.0 Å². The fraction of sp³-hybridized carbons (Fsp3) is 0.353. The summed E-state index contributed by atoms with van der Waals surface area (Å²) in [5.41, 5.74) is 0.848. The van der Waals surface area contributed by atoms with Gasteiger partial charge in [0.2, 0.25) is 11.8 Å². The van der Waals surface area contributed by atoms with Crippen LogP contribution >= 0.6 is 0 Å². The minimum Gasteiger partial charge on any atom is -0.344 e. The highest BCUT2D eigenvalue weighted by atomic mass is 19.4. The Labute approximate surface area is 147 Å². The molecule has 0 spiro atoms. The first-order valence-corrected chi connectivity index (χ1v) is 7.91. The maximum Gasteiger partial charge on any atom is 0.416 e. The van der Waals surface area contributed by atoms with Crippen LogP contribution in [0.4, 0.5) is 18.9 Å². The van der Waals surface area contributed by atoms with E-state index < -0.39 is 29.5 Å². The third kappa shape index (κ3) is 3.29. The highest BCUT2D eigenvalue weighted by Gasteiger charge is 2.44. The van der Waals surface area contributed by atoms with Crippen molar-refractivity contribution in [3.05, 3.63) is 47.3 Å². The van der Waals surface area contributed by atoms with Crippen molar-refractivity contribution in [1.82, 2.24) is 15.1 Å². The Morgan fingerprint density at radius 3 is 2.50 bits per heavy atom. The molecular formula is C17H17F3N4O2. The van der Waals surface area contributed by atoms with Crippen LogP contribution in [-0.4, -0.2) is 40.5 Å². The number of hydrogen-bond donors (Lipinski definition) is 2. The van der Waals surface area contributed by atoms with Crippen LogP contribution in [0, 0.1) is 12.8 Å². The molecule has 0 aliphatic carbocycles. The number of aromatic amines is 1. The number of halogens is 3.